The molecule has 30 heavy (non-hydrogen) atoms. The van der Waals surface area contributed by atoms with Gasteiger partial charge in [0.15, 0.2) is 5.13 Å². The molecule has 0 radical (unpaired) electrons. The Morgan fingerprint density at radius 1 is 1.17 bits per heavy atom. The van der Waals surface area contributed by atoms with E-state index in [1.54, 1.807) is 24.3 Å². The van der Waals surface area contributed by atoms with Crippen molar-refractivity contribution in [1.29, 1.82) is 0 Å². The lowest BCUT2D eigenvalue weighted by Crippen LogP contribution is -2.24. The molecule has 9 heteroatoms. The fourth-order valence-corrected chi connectivity index (χ4v) is 4.14. The number of nitrogens with zero attached hydrogens (tertiary/aromatic N) is 2. The number of nitrogens with one attached hydrogen (secondary N) is 1. The zero-order chi connectivity index (χ0) is 21.3. The number of sulfonamides is 1. The van der Waals surface area contributed by atoms with E-state index in [1.165, 1.54) is 22.7 Å². The minimum absolute atomic E-state index is 0.205. The van der Waals surface area contributed by atoms with Crippen LogP contribution >= 0.6 is 11.3 Å². The predicted molar refractivity (Wildman–Crippen MR) is 119 cm³/mol. The van der Waals surface area contributed by atoms with Gasteiger partial charge in [-0.05, 0) is 24.3 Å². The van der Waals surface area contributed by atoms with Gasteiger partial charge in [0.25, 0.3) is 5.91 Å². The standard InChI is InChI=1S/C21H19N3O4S2/c1-24(30(2,26)27)17-9-7-14(8-10-17)18-13-29-21(22-18)23-20(25)16-11-15-5-3-4-6-19(15)28-12-16/h3-11,13H,12H2,1-2H3,(H,22,23,25). The number of hydrogen-bond donors (Lipinski definition) is 1. The number of fused-ring (bicyclic) bond motifs is 1. The second kappa shape index (κ2) is 7.92. The first-order chi connectivity index (χ1) is 14.3. The summed E-state index contributed by atoms with van der Waals surface area (Å²) in [4.78, 5) is 17.1. The van der Waals surface area contributed by atoms with Crippen molar-refractivity contribution in [3.8, 4) is 17.0 Å². The highest BCUT2D eigenvalue weighted by atomic mass is 32.2. The zero-order valence-electron chi connectivity index (χ0n) is 16.3. The van der Waals surface area contributed by atoms with Crippen LogP contribution in [0.2, 0.25) is 0 Å². The average Bonchev–Trinajstić information content (AvgIpc) is 3.20. The van der Waals surface area contributed by atoms with Crippen molar-refractivity contribution in [2.24, 2.45) is 0 Å². The molecule has 1 aliphatic rings. The first kappa shape index (κ1) is 20.1. The minimum Gasteiger partial charge on any atom is -0.488 e. The number of carbonyl (C=O) groups is 1. The van der Waals surface area contributed by atoms with E-state index in [-0.39, 0.29) is 12.5 Å². The number of carbonyl (C=O) groups excluding carboxylic acids is 1. The lowest BCUT2D eigenvalue weighted by atomic mass is 10.1. The van der Waals surface area contributed by atoms with Crippen LogP contribution in [0.25, 0.3) is 17.3 Å². The molecule has 7 nitrogen and oxygen atoms in total. The van der Waals surface area contributed by atoms with Gasteiger partial charge in [-0.3, -0.25) is 14.4 Å². The zero-order valence-corrected chi connectivity index (χ0v) is 18.0. The van der Waals surface area contributed by atoms with Gasteiger partial charge in [-0.1, -0.05) is 30.3 Å². The van der Waals surface area contributed by atoms with Crippen molar-refractivity contribution in [1.82, 2.24) is 4.98 Å². The molecule has 0 saturated carbocycles. The van der Waals surface area contributed by atoms with Crippen molar-refractivity contribution < 1.29 is 17.9 Å². The van der Waals surface area contributed by atoms with Crippen LogP contribution < -0.4 is 14.4 Å². The van der Waals surface area contributed by atoms with Crippen LogP contribution in [-0.2, 0) is 14.8 Å². The first-order valence-corrected chi connectivity index (χ1v) is 11.8. The molecule has 1 aliphatic heterocycles. The van der Waals surface area contributed by atoms with Gasteiger partial charge >= 0.3 is 0 Å². The van der Waals surface area contributed by atoms with Gasteiger partial charge in [0, 0.05) is 23.6 Å². The van der Waals surface area contributed by atoms with E-state index in [4.69, 9.17) is 4.74 Å². The number of ether oxygens (including phenoxy) is 1. The summed E-state index contributed by atoms with van der Waals surface area (Å²) in [5, 5.41) is 5.13. The molecule has 0 spiro atoms. The molecule has 0 unspecified atom stereocenters. The SMILES string of the molecule is CN(c1ccc(-c2csc(NC(=O)C3=Cc4ccccc4OC3)n2)cc1)S(C)(=O)=O. The first-order valence-electron chi connectivity index (χ1n) is 9.05. The average molecular weight is 442 g/mol. The predicted octanol–water partition coefficient (Wildman–Crippen LogP) is 3.62. The van der Waals surface area contributed by atoms with Crippen LogP contribution in [-0.4, -0.2) is 39.2 Å². The number of para-hydroxylation sites is 1. The second-order valence-electron chi connectivity index (χ2n) is 6.77. The third-order valence-corrected chi connectivity index (χ3v) is 6.64. The van der Waals surface area contributed by atoms with E-state index >= 15 is 0 Å². The highest BCUT2D eigenvalue weighted by Gasteiger charge is 2.18. The van der Waals surface area contributed by atoms with Crippen LogP contribution in [0.3, 0.4) is 0 Å². The molecule has 1 aromatic heterocycles. The molecule has 0 bridgehead atoms. The second-order valence-corrected chi connectivity index (χ2v) is 9.64. The molecule has 2 aromatic carbocycles. The van der Waals surface area contributed by atoms with E-state index in [1.807, 2.05) is 35.7 Å². The fourth-order valence-electron chi connectivity index (χ4n) is 2.92. The van der Waals surface area contributed by atoms with Crippen molar-refractivity contribution in [3.63, 3.8) is 0 Å². The monoisotopic (exact) mass is 441 g/mol. The van der Waals surface area contributed by atoms with E-state index in [0.717, 1.165) is 23.1 Å². The fraction of sp³-hybridized carbons (Fsp3) is 0.143. The van der Waals surface area contributed by atoms with Crippen LogP contribution in [0, 0.1) is 0 Å². The lowest BCUT2D eigenvalue weighted by molar-refractivity contribution is -0.113. The van der Waals surface area contributed by atoms with Crippen LogP contribution in [0.5, 0.6) is 5.75 Å². The number of thiazole rings is 1. The minimum atomic E-state index is -3.32. The summed E-state index contributed by atoms with van der Waals surface area (Å²) in [6.07, 6.45) is 2.97. The summed E-state index contributed by atoms with van der Waals surface area (Å²) in [6, 6.07) is 14.6. The van der Waals surface area contributed by atoms with Gasteiger partial charge in [0.05, 0.1) is 23.2 Å². The molecule has 1 N–H and O–H groups in total. The van der Waals surface area contributed by atoms with E-state index in [9.17, 15) is 13.2 Å². The smallest absolute Gasteiger partial charge is 0.256 e. The highest BCUT2D eigenvalue weighted by Crippen LogP contribution is 2.29. The maximum Gasteiger partial charge on any atom is 0.256 e. The molecule has 3 aromatic rings. The third kappa shape index (κ3) is 4.22. The Morgan fingerprint density at radius 3 is 2.63 bits per heavy atom. The number of rotatable bonds is 5. The number of benzene rings is 2. The molecular formula is C21H19N3O4S2. The molecular weight excluding hydrogens is 422 g/mol. The van der Waals surface area contributed by atoms with E-state index in [2.05, 4.69) is 10.3 Å². The lowest BCUT2D eigenvalue weighted by Gasteiger charge is -2.17. The molecule has 0 aliphatic carbocycles. The Bertz CT molecular complexity index is 1230. The largest absolute Gasteiger partial charge is 0.488 e. The molecule has 1 amide bonds. The van der Waals surface area contributed by atoms with Crippen molar-refractivity contribution >= 4 is 44.2 Å². The molecule has 0 fully saturated rings. The topological polar surface area (TPSA) is 88.6 Å². The number of aromatic nitrogens is 1. The van der Waals surface area contributed by atoms with Gasteiger partial charge in [-0.15, -0.1) is 11.3 Å². The van der Waals surface area contributed by atoms with Crippen LogP contribution in [0.4, 0.5) is 10.8 Å². The summed E-state index contributed by atoms with van der Waals surface area (Å²) < 4.78 is 30.1. The maximum absolute atomic E-state index is 12.6. The number of anilines is 2. The summed E-state index contributed by atoms with van der Waals surface area (Å²) in [7, 11) is -1.81. The van der Waals surface area contributed by atoms with Gasteiger partial charge < -0.3 is 4.74 Å². The van der Waals surface area contributed by atoms with Crippen LogP contribution in [0.15, 0.2) is 59.5 Å². The summed E-state index contributed by atoms with van der Waals surface area (Å²) in [5.74, 6) is 0.506. The maximum atomic E-state index is 12.6. The number of hydrogen-bond acceptors (Lipinski definition) is 6. The van der Waals surface area contributed by atoms with Gasteiger partial charge in [0.2, 0.25) is 10.0 Å². The summed E-state index contributed by atoms with van der Waals surface area (Å²) >= 11 is 1.32. The van der Waals surface area contributed by atoms with Crippen LogP contribution in [0.1, 0.15) is 5.56 Å². The summed E-state index contributed by atoms with van der Waals surface area (Å²) in [6.45, 7) is 0.205. The molecule has 154 valence electrons. The number of amides is 1. The normalized spacial score (nSPS) is 13.1. The molecule has 0 saturated heterocycles. The third-order valence-electron chi connectivity index (χ3n) is 4.67. The van der Waals surface area contributed by atoms with Gasteiger partial charge in [-0.2, -0.15) is 0 Å². The molecule has 2 heterocycles. The van der Waals surface area contributed by atoms with E-state index in [0.29, 0.717) is 22.1 Å². The van der Waals surface area contributed by atoms with Gasteiger partial charge in [0.1, 0.15) is 12.4 Å². The van der Waals surface area contributed by atoms with Crippen molar-refractivity contribution in [2.45, 2.75) is 0 Å². The Balaban J connectivity index is 1.47. The molecule has 4 rings (SSSR count). The summed E-state index contributed by atoms with van der Waals surface area (Å²) in [5.41, 5.74) is 3.48. The Hall–Kier alpha value is -3.17. The quantitative estimate of drug-likeness (QED) is 0.653. The van der Waals surface area contributed by atoms with Crippen molar-refractivity contribution in [2.75, 3.05) is 29.5 Å². The Labute approximate surface area is 178 Å². The Kier molecular flexibility index (Phi) is 5.31. The van der Waals surface area contributed by atoms with Gasteiger partial charge in [-0.25, -0.2) is 13.4 Å². The Morgan fingerprint density at radius 2 is 1.90 bits per heavy atom. The van der Waals surface area contributed by atoms with Crippen molar-refractivity contribution in [3.05, 3.63) is 65.0 Å². The van der Waals surface area contributed by atoms with E-state index < -0.39 is 10.0 Å². The molecule has 0 atom stereocenters. The highest BCUT2D eigenvalue weighted by molar-refractivity contribution is 7.92.